The lowest BCUT2D eigenvalue weighted by Gasteiger charge is -2.38. The first-order chi connectivity index (χ1) is 15.4. The summed E-state index contributed by atoms with van der Waals surface area (Å²) in [6, 6.07) is 2.79. The molecule has 2 aromatic rings. The molecule has 1 aliphatic carbocycles. The van der Waals surface area contributed by atoms with Crippen molar-refractivity contribution in [2.75, 3.05) is 24.6 Å². The summed E-state index contributed by atoms with van der Waals surface area (Å²) in [6.07, 6.45) is 0.559. The molecule has 0 unspecified atom stereocenters. The van der Waals surface area contributed by atoms with Crippen LogP contribution >= 0.6 is 0 Å². The number of sulfone groups is 1. The first kappa shape index (κ1) is 22.8. The van der Waals surface area contributed by atoms with E-state index in [1.54, 1.807) is 0 Å². The van der Waals surface area contributed by atoms with Gasteiger partial charge in [0.15, 0.2) is 15.7 Å². The van der Waals surface area contributed by atoms with Crippen LogP contribution in [0.5, 0.6) is 0 Å². The number of hydrogen-bond donors (Lipinski definition) is 0. The highest BCUT2D eigenvalue weighted by molar-refractivity contribution is 7.92. The van der Waals surface area contributed by atoms with Gasteiger partial charge in [-0.1, -0.05) is 0 Å². The lowest BCUT2D eigenvalue weighted by atomic mass is 9.91. The van der Waals surface area contributed by atoms with Gasteiger partial charge in [0, 0.05) is 41.7 Å². The zero-order valence-corrected chi connectivity index (χ0v) is 19.5. The molecule has 2 atom stereocenters. The van der Waals surface area contributed by atoms with E-state index < -0.39 is 21.7 Å². The maximum absolute atomic E-state index is 12.8. The molecule has 2 saturated heterocycles. The van der Waals surface area contributed by atoms with Gasteiger partial charge in [-0.3, -0.25) is 9.88 Å². The van der Waals surface area contributed by atoms with Gasteiger partial charge in [-0.2, -0.15) is 18.3 Å². The van der Waals surface area contributed by atoms with E-state index in [4.69, 9.17) is 4.98 Å². The molecule has 33 heavy (non-hydrogen) atoms. The monoisotopic (exact) mass is 483 g/mol. The van der Waals surface area contributed by atoms with Crippen LogP contribution in [0.15, 0.2) is 18.3 Å². The third-order valence-electron chi connectivity index (χ3n) is 7.27. The van der Waals surface area contributed by atoms with E-state index in [-0.39, 0.29) is 17.4 Å². The molecule has 3 fully saturated rings. The van der Waals surface area contributed by atoms with Crippen molar-refractivity contribution in [2.45, 2.75) is 63.7 Å². The number of nitrogens with zero attached hydrogens (tertiary/aromatic N) is 5. The molecule has 0 aromatic carbocycles. The Labute approximate surface area is 191 Å². The van der Waals surface area contributed by atoms with Crippen LogP contribution in [-0.4, -0.2) is 63.7 Å². The predicted octanol–water partition coefficient (Wildman–Crippen LogP) is 3.70. The van der Waals surface area contributed by atoms with Crippen LogP contribution in [0, 0.1) is 5.41 Å². The summed E-state index contributed by atoms with van der Waals surface area (Å²) in [4.78, 5) is 10.7. The number of rotatable bonds is 4. The maximum atomic E-state index is 12.8. The summed E-state index contributed by atoms with van der Waals surface area (Å²) in [5, 5.41) is 4.60. The number of hydrogen-bond acceptors (Lipinski definition) is 6. The van der Waals surface area contributed by atoms with Gasteiger partial charge in [0.25, 0.3) is 0 Å². The topological polar surface area (TPSA) is 81.0 Å². The standard InChI is InChI=1S/C22H28F3N5O2S/c1-14(2)30-20(27-19(28-30)16-4-6-18(26-10-16)22(23,24)25)15-3-5-17(9-15)29-8-7-21(11-29)12-33(31,32)13-21/h4,6,10,14-15,17H,3,5,7-9,11-13H2,1-2H3/t15-,17-/m0/s1. The van der Waals surface area contributed by atoms with E-state index in [9.17, 15) is 21.6 Å². The second-order valence-electron chi connectivity index (χ2n) is 10.2. The highest BCUT2D eigenvalue weighted by Gasteiger charge is 2.53. The molecule has 1 saturated carbocycles. The quantitative estimate of drug-likeness (QED) is 0.660. The summed E-state index contributed by atoms with van der Waals surface area (Å²) < 4.78 is 63.8. The van der Waals surface area contributed by atoms with Crippen LogP contribution < -0.4 is 0 Å². The molecule has 4 heterocycles. The lowest BCUT2D eigenvalue weighted by Crippen LogP contribution is -2.50. The lowest BCUT2D eigenvalue weighted by molar-refractivity contribution is -0.141. The molecule has 0 bridgehead atoms. The van der Waals surface area contributed by atoms with Gasteiger partial charge in [0.2, 0.25) is 0 Å². The molecule has 2 aromatic heterocycles. The number of likely N-dealkylation sites (tertiary alicyclic amines) is 1. The van der Waals surface area contributed by atoms with Crippen LogP contribution in [0.25, 0.3) is 11.4 Å². The van der Waals surface area contributed by atoms with E-state index in [1.807, 2.05) is 18.5 Å². The zero-order chi connectivity index (χ0) is 23.6. The molecule has 7 nitrogen and oxygen atoms in total. The van der Waals surface area contributed by atoms with Crippen LogP contribution in [0.1, 0.15) is 63.0 Å². The van der Waals surface area contributed by atoms with Crippen molar-refractivity contribution < 1.29 is 21.6 Å². The molecule has 5 rings (SSSR count). The fourth-order valence-electron chi connectivity index (χ4n) is 5.74. The van der Waals surface area contributed by atoms with Gasteiger partial charge in [-0.25, -0.2) is 18.1 Å². The van der Waals surface area contributed by atoms with Crippen molar-refractivity contribution in [3.05, 3.63) is 29.8 Å². The first-order valence-corrected chi connectivity index (χ1v) is 13.2. The number of alkyl halides is 3. The van der Waals surface area contributed by atoms with Gasteiger partial charge in [-0.05, 0) is 58.2 Å². The Bertz CT molecular complexity index is 1130. The minimum Gasteiger partial charge on any atom is -0.300 e. The Morgan fingerprint density at radius 2 is 1.94 bits per heavy atom. The Balaban J connectivity index is 1.32. The average molecular weight is 484 g/mol. The highest BCUT2D eigenvalue weighted by atomic mass is 32.2. The summed E-state index contributed by atoms with van der Waals surface area (Å²) in [7, 11) is -2.84. The molecule has 0 amide bonds. The SMILES string of the molecule is CC(C)n1nc(-c2ccc(C(F)(F)F)nc2)nc1[C@H]1CC[C@H](N2CCC3(C2)CS(=O)(=O)C3)C1. The van der Waals surface area contributed by atoms with Gasteiger partial charge in [-0.15, -0.1) is 0 Å². The molecule has 2 aliphatic heterocycles. The number of pyridine rings is 1. The largest absolute Gasteiger partial charge is 0.433 e. The average Bonchev–Trinajstić information content (AvgIpc) is 3.44. The van der Waals surface area contributed by atoms with Gasteiger partial charge in [0.1, 0.15) is 11.5 Å². The Morgan fingerprint density at radius 1 is 1.18 bits per heavy atom. The third-order valence-corrected chi connectivity index (χ3v) is 9.37. The van der Waals surface area contributed by atoms with Crippen molar-refractivity contribution in [1.82, 2.24) is 24.6 Å². The van der Waals surface area contributed by atoms with Gasteiger partial charge < -0.3 is 0 Å². The summed E-state index contributed by atoms with van der Waals surface area (Å²) in [5.74, 6) is 2.10. The molecular formula is C22H28F3N5O2S. The fraction of sp³-hybridized carbons (Fsp3) is 0.682. The van der Waals surface area contributed by atoms with Crippen molar-refractivity contribution in [1.29, 1.82) is 0 Å². The summed E-state index contributed by atoms with van der Waals surface area (Å²) in [6.45, 7) is 5.82. The molecule has 0 N–H and O–H groups in total. The molecular weight excluding hydrogens is 455 g/mol. The molecule has 1 spiro atoms. The fourth-order valence-corrected chi connectivity index (χ4v) is 7.99. The first-order valence-electron chi connectivity index (χ1n) is 11.4. The smallest absolute Gasteiger partial charge is 0.300 e. The van der Waals surface area contributed by atoms with E-state index in [0.29, 0.717) is 28.9 Å². The van der Waals surface area contributed by atoms with E-state index in [1.165, 1.54) is 12.3 Å². The normalized spacial score (nSPS) is 26.8. The maximum Gasteiger partial charge on any atom is 0.433 e. The van der Waals surface area contributed by atoms with E-state index >= 15 is 0 Å². The summed E-state index contributed by atoms with van der Waals surface area (Å²) >= 11 is 0. The summed E-state index contributed by atoms with van der Waals surface area (Å²) in [5.41, 5.74) is -0.514. The van der Waals surface area contributed by atoms with Crippen LogP contribution in [0.2, 0.25) is 0 Å². The minimum atomic E-state index is -4.48. The zero-order valence-electron chi connectivity index (χ0n) is 18.7. The van der Waals surface area contributed by atoms with Crippen molar-refractivity contribution in [3.8, 4) is 11.4 Å². The van der Waals surface area contributed by atoms with Crippen LogP contribution in [0.3, 0.4) is 0 Å². The molecule has 3 aliphatic rings. The minimum absolute atomic E-state index is 0.0440. The van der Waals surface area contributed by atoms with Gasteiger partial charge >= 0.3 is 6.18 Å². The van der Waals surface area contributed by atoms with Gasteiger partial charge in [0.05, 0.1) is 11.5 Å². The molecule has 180 valence electrons. The Kier molecular flexibility index (Phi) is 5.35. The van der Waals surface area contributed by atoms with E-state index in [0.717, 1.165) is 50.7 Å². The number of halogens is 3. The van der Waals surface area contributed by atoms with Crippen LogP contribution in [-0.2, 0) is 16.0 Å². The van der Waals surface area contributed by atoms with Crippen molar-refractivity contribution >= 4 is 9.84 Å². The molecule has 11 heteroatoms. The van der Waals surface area contributed by atoms with Crippen molar-refractivity contribution in [3.63, 3.8) is 0 Å². The van der Waals surface area contributed by atoms with Crippen LogP contribution in [0.4, 0.5) is 13.2 Å². The Morgan fingerprint density at radius 3 is 2.55 bits per heavy atom. The Hall–Kier alpha value is -2.01. The van der Waals surface area contributed by atoms with E-state index in [2.05, 4.69) is 15.0 Å². The molecule has 0 radical (unpaired) electrons. The highest BCUT2D eigenvalue weighted by Crippen LogP contribution is 2.45. The number of aromatic nitrogens is 4. The third kappa shape index (κ3) is 4.29. The second kappa shape index (κ2) is 7.76. The van der Waals surface area contributed by atoms with Crippen molar-refractivity contribution in [2.24, 2.45) is 5.41 Å². The second-order valence-corrected chi connectivity index (χ2v) is 12.2. The predicted molar refractivity (Wildman–Crippen MR) is 116 cm³/mol.